The Kier molecular flexibility index (Phi) is 2.05. The van der Waals surface area contributed by atoms with Crippen molar-refractivity contribution in [1.29, 1.82) is 0 Å². The number of nitrogens with zero attached hydrogens (tertiary/aromatic N) is 2. The molecule has 0 saturated carbocycles. The second kappa shape index (κ2) is 3.22. The van der Waals surface area contributed by atoms with Gasteiger partial charge in [0.05, 0.1) is 23.1 Å². The molecule has 2 rings (SSSR count). The number of nitrogen functional groups attached to an aromatic ring is 1. The van der Waals surface area contributed by atoms with Crippen LogP contribution >= 0.6 is 11.7 Å². The maximum atomic E-state index is 10.8. The molecule has 1 heterocycles. The molecule has 0 aliphatic rings. The van der Waals surface area contributed by atoms with Gasteiger partial charge in [0.15, 0.2) is 0 Å². The van der Waals surface area contributed by atoms with E-state index in [1.165, 1.54) is 6.92 Å². The Bertz CT molecular complexity index is 493. The maximum absolute atomic E-state index is 10.8. The van der Waals surface area contributed by atoms with Crippen molar-refractivity contribution in [3.05, 3.63) is 12.1 Å². The Balaban J connectivity index is 2.56. The summed E-state index contributed by atoms with van der Waals surface area (Å²) in [5, 5.41) is 2.63. The van der Waals surface area contributed by atoms with Gasteiger partial charge in [0.2, 0.25) is 5.91 Å². The van der Waals surface area contributed by atoms with Gasteiger partial charge in [-0.15, -0.1) is 0 Å². The van der Waals surface area contributed by atoms with Crippen LogP contribution in [0.1, 0.15) is 6.92 Å². The highest BCUT2D eigenvalue weighted by atomic mass is 32.1. The van der Waals surface area contributed by atoms with E-state index in [-0.39, 0.29) is 5.91 Å². The molecule has 0 radical (unpaired) electrons. The van der Waals surface area contributed by atoms with E-state index in [0.29, 0.717) is 16.9 Å². The lowest BCUT2D eigenvalue weighted by Crippen LogP contribution is -2.08. The first kappa shape index (κ1) is 8.89. The van der Waals surface area contributed by atoms with Crippen molar-refractivity contribution in [2.75, 3.05) is 11.1 Å². The summed E-state index contributed by atoms with van der Waals surface area (Å²) in [6, 6.07) is 3.50. The van der Waals surface area contributed by atoms with Gasteiger partial charge in [-0.2, -0.15) is 8.75 Å². The van der Waals surface area contributed by atoms with Crippen LogP contribution in [-0.4, -0.2) is 14.7 Å². The summed E-state index contributed by atoms with van der Waals surface area (Å²) in [5.41, 5.74) is 8.24. The minimum atomic E-state index is -0.153. The van der Waals surface area contributed by atoms with Crippen LogP contribution in [0.15, 0.2) is 12.1 Å². The summed E-state index contributed by atoms with van der Waals surface area (Å²) < 4.78 is 8.08. The zero-order valence-electron chi connectivity index (χ0n) is 7.44. The van der Waals surface area contributed by atoms with Crippen LogP contribution in [0.3, 0.4) is 0 Å². The molecule has 6 heteroatoms. The summed E-state index contributed by atoms with van der Waals surface area (Å²) in [6.45, 7) is 1.43. The van der Waals surface area contributed by atoms with Crippen molar-refractivity contribution >= 4 is 40.0 Å². The fourth-order valence-electron chi connectivity index (χ4n) is 1.17. The Labute approximate surface area is 84.3 Å². The fraction of sp³-hybridized carbons (Fsp3) is 0.125. The molecule has 0 aliphatic heterocycles. The lowest BCUT2D eigenvalue weighted by atomic mass is 10.2. The maximum Gasteiger partial charge on any atom is 0.221 e. The second-order valence-corrected chi connectivity index (χ2v) is 3.37. The SMILES string of the molecule is CC(=O)Nc1ccc2nsnc2c1N. The number of amides is 1. The first-order valence-corrected chi connectivity index (χ1v) is 4.70. The molecule has 1 aromatic carbocycles. The number of nitrogens with one attached hydrogen (secondary N) is 1. The predicted molar refractivity (Wildman–Crippen MR) is 56.1 cm³/mol. The number of aromatic nitrogens is 2. The van der Waals surface area contributed by atoms with Crippen molar-refractivity contribution in [3.8, 4) is 0 Å². The van der Waals surface area contributed by atoms with Gasteiger partial charge in [-0.05, 0) is 12.1 Å². The molecule has 0 aliphatic carbocycles. The van der Waals surface area contributed by atoms with Crippen molar-refractivity contribution in [1.82, 2.24) is 8.75 Å². The molecule has 0 saturated heterocycles. The Morgan fingerprint density at radius 2 is 2.29 bits per heavy atom. The van der Waals surface area contributed by atoms with Gasteiger partial charge in [-0.25, -0.2) is 0 Å². The third kappa shape index (κ3) is 1.39. The largest absolute Gasteiger partial charge is 0.395 e. The zero-order valence-corrected chi connectivity index (χ0v) is 8.26. The molecule has 0 spiro atoms. The topological polar surface area (TPSA) is 80.9 Å². The van der Waals surface area contributed by atoms with Crippen LogP contribution in [0.5, 0.6) is 0 Å². The van der Waals surface area contributed by atoms with Crippen LogP contribution in [0, 0.1) is 0 Å². The average molecular weight is 208 g/mol. The number of hydrogen-bond acceptors (Lipinski definition) is 5. The number of benzene rings is 1. The first-order chi connectivity index (χ1) is 6.68. The molecular weight excluding hydrogens is 200 g/mol. The third-order valence-electron chi connectivity index (χ3n) is 1.78. The molecule has 3 N–H and O–H groups in total. The van der Waals surface area contributed by atoms with E-state index in [1.807, 2.05) is 0 Å². The van der Waals surface area contributed by atoms with E-state index < -0.39 is 0 Å². The molecule has 0 atom stereocenters. The number of fused-ring (bicyclic) bond motifs is 1. The Hall–Kier alpha value is -1.69. The predicted octanol–water partition coefficient (Wildman–Crippen LogP) is 1.23. The second-order valence-electron chi connectivity index (χ2n) is 2.84. The number of carbonyl (C=O) groups is 1. The number of anilines is 2. The van der Waals surface area contributed by atoms with E-state index in [1.54, 1.807) is 12.1 Å². The van der Waals surface area contributed by atoms with E-state index in [9.17, 15) is 4.79 Å². The normalized spacial score (nSPS) is 10.4. The van der Waals surface area contributed by atoms with E-state index in [2.05, 4.69) is 14.1 Å². The van der Waals surface area contributed by atoms with Crippen molar-refractivity contribution in [2.45, 2.75) is 6.92 Å². The highest BCUT2D eigenvalue weighted by Crippen LogP contribution is 2.26. The number of hydrogen-bond donors (Lipinski definition) is 2. The molecule has 2 aromatic rings. The molecule has 14 heavy (non-hydrogen) atoms. The van der Waals surface area contributed by atoms with Crippen molar-refractivity contribution < 1.29 is 4.79 Å². The first-order valence-electron chi connectivity index (χ1n) is 3.97. The molecular formula is C8H8N4OS. The van der Waals surface area contributed by atoms with Gasteiger partial charge in [0, 0.05) is 6.92 Å². The van der Waals surface area contributed by atoms with Gasteiger partial charge in [-0.1, -0.05) is 0 Å². The van der Waals surface area contributed by atoms with Crippen LogP contribution in [-0.2, 0) is 4.79 Å². The lowest BCUT2D eigenvalue weighted by Gasteiger charge is -2.04. The third-order valence-corrected chi connectivity index (χ3v) is 2.32. The minimum Gasteiger partial charge on any atom is -0.395 e. The number of carbonyl (C=O) groups excluding carboxylic acids is 1. The van der Waals surface area contributed by atoms with Crippen molar-refractivity contribution in [3.63, 3.8) is 0 Å². The highest BCUT2D eigenvalue weighted by Gasteiger charge is 2.08. The Morgan fingerprint density at radius 3 is 3.00 bits per heavy atom. The van der Waals surface area contributed by atoms with Gasteiger partial charge >= 0.3 is 0 Å². The van der Waals surface area contributed by atoms with Crippen LogP contribution in [0.25, 0.3) is 11.0 Å². The smallest absolute Gasteiger partial charge is 0.221 e. The minimum absolute atomic E-state index is 0.153. The molecule has 0 unspecified atom stereocenters. The van der Waals surface area contributed by atoms with Gasteiger partial charge in [-0.3, -0.25) is 4.79 Å². The standard InChI is InChI=1S/C8H8N4OS/c1-4(13)10-5-2-3-6-8(7(5)9)12-14-11-6/h2-3H,9H2,1H3,(H,10,13). The monoisotopic (exact) mass is 208 g/mol. The molecule has 1 aromatic heterocycles. The molecule has 72 valence electrons. The quantitative estimate of drug-likeness (QED) is 0.691. The van der Waals surface area contributed by atoms with E-state index >= 15 is 0 Å². The molecule has 5 nitrogen and oxygen atoms in total. The van der Waals surface area contributed by atoms with Gasteiger partial charge in [0.25, 0.3) is 0 Å². The summed E-state index contributed by atoms with van der Waals surface area (Å²) in [6.07, 6.45) is 0. The van der Waals surface area contributed by atoms with E-state index in [4.69, 9.17) is 5.73 Å². The molecule has 1 amide bonds. The van der Waals surface area contributed by atoms with Crippen molar-refractivity contribution in [2.24, 2.45) is 0 Å². The summed E-state index contributed by atoms with van der Waals surface area (Å²) in [4.78, 5) is 10.8. The van der Waals surface area contributed by atoms with Crippen LogP contribution < -0.4 is 11.1 Å². The summed E-state index contributed by atoms with van der Waals surface area (Å²) in [5.74, 6) is -0.153. The number of rotatable bonds is 1. The van der Waals surface area contributed by atoms with Gasteiger partial charge < -0.3 is 11.1 Å². The summed E-state index contributed by atoms with van der Waals surface area (Å²) >= 11 is 1.10. The van der Waals surface area contributed by atoms with Crippen LogP contribution in [0.4, 0.5) is 11.4 Å². The molecule has 0 fully saturated rings. The average Bonchev–Trinajstić information content (AvgIpc) is 2.57. The van der Waals surface area contributed by atoms with Gasteiger partial charge in [0.1, 0.15) is 11.0 Å². The Morgan fingerprint density at radius 1 is 1.50 bits per heavy atom. The van der Waals surface area contributed by atoms with Crippen LogP contribution in [0.2, 0.25) is 0 Å². The zero-order chi connectivity index (χ0) is 10.1. The summed E-state index contributed by atoms with van der Waals surface area (Å²) in [7, 11) is 0. The highest BCUT2D eigenvalue weighted by molar-refractivity contribution is 7.00. The molecule has 0 bridgehead atoms. The number of nitrogens with two attached hydrogens (primary N) is 1. The fourth-order valence-corrected chi connectivity index (χ4v) is 1.72. The lowest BCUT2D eigenvalue weighted by molar-refractivity contribution is -0.114. The van der Waals surface area contributed by atoms with E-state index in [0.717, 1.165) is 17.2 Å².